The second kappa shape index (κ2) is 10.6. The maximum absolute atomic E-state index is 13.1. The Kier molecular flexibility index (Phi) is 8.91. The monoisotopic (exact) mass is 680 g/mol. The molecule has 1 aromatic carbocycles. The molecule has 0 saturated carbocycles. The van der Waals surface area contributed by atoms with E-state index in [9.17, 15) is 30.7 Å². The van der Waals surface area contributed by atoms with Gasteiger partial charge in [-0.05, 0) is 59.9 Å². The first-order valence-corrected chi connectivity index (χ1v) is 10.5. The van der Waals surface area contributed by atoms with Crippen molar-refractivity contribution in [1.82, 2.24) is 29.5 Å². The first kappa shape index (κ1) is 26.8. The number of alkyl halides is 6. The molecule has 32 heavy (non-hydrogen) atoms. The van der Waals surface area contributed by atoms with Gasteiger partial charge in [-0.3, -0.25) is 0 Å². The summed E-state index contributed by atoms with van der Waals surface area (Å²) < 4.78 is 92.0. The Morgan fingerprint density at radius 3 is 1.88 bits per heavy atom. The maximum Gasteiger partial charge on any atom is 0.408 e. The minimum Gasteiger partial charge on any atom is -0.424 e. The van der Waals surface area contributed by atoms with E-state index in [1.54, 1.807) is 0 Å². The Morgan fingerprint density at radius 2 is 1.38 bits per heavy atom. The summed E-state index contributed by atoms with van der Waals surface area (Å²) in [5, 5.41) is 6.98. The molecule has 2 aromatic heterocycles. The molecule has 3 rings (SSSR count). The molecule has 2 heterocycles. The molecule has 0 aliphatic rings. The number of rotatable bonds is 4. The smallest absolute Gasteiger partial charge is 0.408 e. The fraction of sp³-hybridized carbons (Fsp3) is 0.286. The van der Waals surface area contributed by atoms with Crippen molar-refractivity contribution in [1.29, 1.82) is 0 Å². The average molecular weight is 683 g/mol. The summed E-state index contributed by atoms with van der Waals surface area (Å²) in [7, 11) is 0. The van der Waals surface area contributed by atoms with Crippen LogP contribution < -0.4 is 4.74 Å². The van der Waals surface area contributed by atoms with E-state index in [1.807, 2.05) is 0 Å². The molecule has 0 aliphatic heterocycles. The minimum atomic E-state index is -4.50. The van der Waals surface area contributed by atoms with Crippen LogP contribution in [-0.4, -0.2) is 41.9 Å². The van der Waals surface area contributed by atoms with E-state index >= 15 is 0 Å². The fourth-order valence-electron chi connectivity index (χ4n) is 1.91. The number of hydrogen-bond acceptors (Lipinski definition) is 5. The van der Waals surface area contributed by atoms with Gasteiger partial charge in [0.2, 0.25) is 9.47 Å². The summed E-state index contributed by atoms with van der Waals surface area (Å²) in [6.45, 7) is -2.53. The Bertz CT molecular complexity index is 1050. The van der Waals surface area contributed by atoms with Crippen molar-refractivity contribution in [3.05, 3.63) is 43.2 Å². The van der Waals surface area contributed by atoms with Crippen LogP contribution >= 0.6 is 59.4 Å². The van der Waals surface area contributed by atoms with Crippen LogP contribution in [0.25, 0.3) is 0 Å². The lowest BCUT2D eigenvalue weighted by Gasteiger charge is -2.09. The van der Waals surface area contributed by atoms with E-state index in [2.05, 4.69) is 68.0 Å². The normalized spacial score (nSPS) is 11.8. The van der Waals surface area contributed by atoms with Crippen molar-refractivity contribution in [2.75, 3.05) is 0 Å². The van der Waals surface area contributed by atoms with Gasteiger partial charge >= 0.3 is 18.4 Å². The third-order valence-electron chi connectivity index (χ3n) is 2.92. The molecule has 0 bridgehead atoms. The largest absolute Gasteiger partial charge is 0.424 e. The molecule has 0 aliphatic carbocycles. The van der Waals surface area contributed by atoms with E-state index < -0.39 is 37.3 Å². The van der Waals surface area contributed by atoms with Crippen molar-refractivity contribution < 1.29 is 35.5 Å². The Labute approximate surface area is 204 Å². The summed E-state index contributed by atoms with van der Waals surface area (Å²) in [5.41, 5.74) is 0. The van der Waals surface area contributed by atoms with Crippen LogP contribution in [0.1, 0.15) is 0 Å². The number of halogens is 11. The van der Waals surface area contributed by atoms with Crippen LogP contribution in [0.2, 0.25) is 5.02 Å². The van der Waals surface area contributed by atoms with Gasteiger partial charge in [-0.25, -0.2) is 13.8 Å². The van der Waals surface area contributed by atoms with E-state index in [4.69, 9.17) is 16.3 Å². The third kappa shape index (κ3) is 9.19. The SMILES string of the molecule is FC(F)(F)Cn1nc(Br)nc1Br.Fc1cc(Cl)cc(Oc2nc(Br)nn2CC(F)(F)F)c1. The van der Waals surface area contributed by atoms with E-state index in [0.29, 0.717) is 9.36 Å². The van der Waals surface area contributed by atoms with Crippen LogP contribution in [-0.2, 0) is 13.1 Å². The summed E-state index contributed by atoms with van der Waals surface area (Å²) in [6.07, 6.45) is -8.78. The van der Waals surface area contributed by atoms with Gasteiger partial charge < -0.3 is 4.74 Å². The lowest BCUT2D eigenvalue weighted by Crippen LogP contribution is -2.19. The van der Waals surface area contributed by atoms with Crippen LogP contribution in [0.3, 0.4) is 0 Å². The molecule has 0 amide bonds. The quantitative estimate of drug-likeness (QED) is 0.292. The standard InChI is InChI=1S/C10H5BrClF4N3O.C4H2Br2F3N3/c11-8-17-9(19(18-8)4-10(14,15)16)20-7-2-5(12)1-6(13)3-7;5-2-10-3(6)12(11-2)1-4(7,8)9/h1-3H,4H2;1H2. The van der Waals surface area contributed by atoms with Crippen molar-refractivity contribution in [3.63, 3.8) is 0 Å². The van der Waals surface area contributed by atoms with Crippen LogP contribution in [0.15, 0.2) is 32.4 Å². The highest BCUT2D eigenvalue weighted by Gasteiger charge is 2.31. The third-order valence-corrected chi connectivity index (χ3v) is 4.39. The average Bonchev–Trinajstić information content (AvgIpc) is 3.05. The van der Waals surface area contributed by atoms with Crippen molar-refractivity contribution >= 4 is 59.4 Å². The molecule has 0 unspecified atom stereocenters. The fourth-order valence-corrected chi connectivity index (χ4v) is 3.43. The van der Waals surface area contributed by atoms with Gasteiger partial charge in [0.1, 0.15) is 24.7 Å². The van der Waals surface area contributed by atoms with E-state index in [1.165, 1.54) is 6.07 Å². The van der Waals surface area contributed by atoms with E-state index in [0.717, 1.165) is 12.1 Å². The summed E-state index contributed by atoms with van der Waals surface area (Å²) in [6, 6.07) is 2.80. The van der Waals surface area contributed by atoms with Gasteiger partial charge in [0, 0.05) is 11.1 Å². The Balaban J connectivity index is 0.000000258. The van der Waals surface area contributed by atoms with Gasteiger partial charge in [-0.15, -0.1) is 10.2 Å². The maximum atomic E-state index is 13.1. The van der Waals surface area contributed by atoms with Crippen molar-refractivity contribution in [2.45, 2.75) is 25.4 Å². The van der Waals surface area contributed by atoms with Crippen LogP contribution in [0.4, 0.5) is 30.7 Å². The highest BCUT2D eigenvalue weighted by molar-refractivity contribution is 9.11. The molecular weight excluding hydrogens is 676 g/mol. The summed E-state index contributed by atoms with van der Waals surface area (Å²) in [5.74, 6) is -0.772. The zero-order valence-electron chi connectivity index (χ0n) is 14.9. The summed E-state index contributed by atoms with van der Waals surface area (Å²) >= 11 is 14.1. The lowest BCUT2D eigenvalue weighted by atomic mass is 10.3. The van der Waals surface area contributed by atoms with E-state index in [-0.39, 0.29) is 25.0 Å². The molecule has 176 valence electrons. The molecule has 3 aromatic rings. The predicted octanol–water partition coefficient (Wildman–Crippen LogP) is 6.55. The first-order valence-electron chi connectivity index (χ1n) is 7.75. The molecule has 0 N–H and O–H groups in total. The van der Waals surface area contributed by atoms with Crippen LogP contribution in [0, 0.1) is 5.82 Å². The zero-order chi connectivity index (χ0) is 24.3. The molecular formula is C14H7Br3ClF7N6O. The lowest BCUT2D eigenvalue weighted by molar-refractivity contribution is -0.144. The number of ether oxygens (including phenoxy) is 1. The summed E-state index contributed by atoms with van der Waals surface area (Å²) in [4.78, 5) is 7.21. The number of benzene rings is 1. The molecule has 0 spiro atoms. The van der Waals surface area contributed by atoms with Gasteiger partial charge in [-0.1, -0.05) is 11.6 Å². The molecule has 7 nitrogen and oxygen atoms in total. The first-order chi connectivity index (χ1) is 14.6. The molecule has 0 saturated heterocycles. The highest BCUT2D eigenvalue weighted by atomic mass is 79.9. The highest BCUT2D eigenvalue weighted by Crippen LogP contribution is 2.27. The topological polar surface area (TPSA) is 70.7 Å². The van der Waals surface area contributed by atoms with Crippen LogP contribution in [0.5, 0.6) is 11.8 Å². The second-order valence-corrected chi connectivity index (χ2v) is 8.13. The molecule has 18 heteroatoms. The van der Waals surface area contributed by atoms with Crippen molar-refractivity contribution in [3.8, 4) is 11.8 Å². The van der Waals surface area contributed by atoms with Gasteiger partial charge in [0.05, 0.1) is 0 Å². The van der Waals surface area contributed by atoms with Gasteiger partial charge in [0.15, 0.2) is 4.73 Å². The van der Waals surface area contributed by atoms with Gasteiger partial charge in [-0.2, -0.15) is 36.3 Å². The Morgan fingerprint density at radius 1 is 0.844 bits per heavy atom. The van der Waals surface area contributed by atoms with Crippen molar-refractivity contribution in [2.24, 2.45) is 0 Å². The molecule has 0 atom stereocenters. The molecule has 0 fully saturated rings. The number of hydrogen-bond donors (Lipinski definition) is 0. The second-order valence-electron chi connectivity index (χ2n) is 5.57. The Hall–Kier alpha value is -1.46. The number of nitrogens with zero attached hydrogens (tertiary/aromatic N) is 6. The number of aromatic nitrogens is 6. The molecule has 0 radical (unpaired) electrons. The zero-order valence-corrected chi connectivity index (χ0v) is 20.4. The van der Waals surface area contributed by atoms with Gasteiger partial charge in [0.25, 0.3) is 0 Å². The minimum absolute atomic E-state index is 0.0425. The predicted molar refractivity (Wildman–Crippen MR) is 107 cm³/mol.